The summed E-state index contributed by atoms with van der Waals surface area (Å²) in [6.07, 6.45) is 3.06. The Balaban J connectivity index is 2.04. The molecule has 2 heterocycles. The summed E-state index contributed by atoms with van der Waals surface area (Å²) >= 11 is 0. The first-order valence-electron chi connectivity index (χ1n) is 8.76. The molecule has 0 spiro atoms. The molecule has 0 aliphatic rings. The van der Waals surface area contributed by atoms with Crippen molar-refractivity contribution in [1.29, 1.82) is 0 Å². The van der Waals surface area contributed by atoms with Crippen LogP contribution in [0, 0.1) is 5.82 Å². The molecule has 3 N–H and O–H groups in total. The third-order valence-corrected chi connectivity index (χ3v) is 4.81. The van der Waals surface area contributed by atoms with E-state index in [0.29, 0.717) is 46.0 Å². The van der Waals surface area contributed by atoms with Gasteiger partial charge in [-0.15, -0.1) is 0 Å². The van der Waals surface area contributed by atoms with Gasteiger partial charge in [0.15, 0.2) is 0 Å². The number of benzene rings is 2. The van der Waals surface area contributed by atoms with Crippen LogP contribution < -0.4 is 5.32 Å². The van der Waals surface area contributed by atoms with Crippen LogP contribution in [0.4, 0.5) is 10.1 Å². The number of aromatic hydroxyl groups is 1. The maximum absolute atomic E-state index is 13.3. The van der Waals surface area contributed by atoms with Gasteiger partial charge in [0.05, 0.1) is 40.9 Å². The number of hydrogen-bond donors (Lipinski definition) is 3. The quantitative estimate of drug-likeness (QED) is 0.436. The number of nitrogens with zero attached hydrogens (tertiary/aromatic N) is 2. The van der Waals surface area contributed by atoms with E-state index in [1.165, 1.54) is 18.3 Å². The molecule has 8 heteroatoms. The van der Waals surface area contributed by atoms with Gasteiger partial charge in [0, 0.05) is 11.9 Å². The predicted octanol–water partition coefficient (Wildman–Crippen LogP) is 3.28. The number of fused-ring (bicyclic) bond motifs is 3. The highest BCUT2D eigenvalue weighted by Crippen LogP contribution is 2.40. The van der Waals surface area contributed by atoms with Gasteiger partial charge in [-0.1, -0.05) is 18.2 Å². The Bertz CT molecular complexity index is 1250. The van der Waals surface area contributed by atoms with Crippen molar-refractivity contribution < 1.29 is 24.2 Å². The third-order valence-electron chi connectivity index (χ3n) is 4.81. The van der Waals surface area contributed by atoms with E-state index in [2.05, 4.69) is 10.3 Å². The summed E-state index contributed by atoms with van der Waals surface area (Å²) in [4.78, 5) is 26.5. The maximum atomic E-state index is 13.3. The van der Waals surface area contributed by atoms with E-state index in [4.69, 9.17) is 0 Å². The number of pyridine rings is 1. The van der Waals surface area contributed by atoms with Gasteiger partial charge in [0.25, 0.3) is 0 Å². The van der Waals surface area contributed by atoms with Crippen LogP contribution in [0.15, 0.2) is 48.8 Å². The molecule has 0 aliphatic carbocycles. The molecule has 0 saturated carbocycles. The van der Waals surface area contributed by atoms with Gasteiger partial charge in [-0.3, -0.25) is 14.6 Å². The molecule has 29 heavy (non-hydrogen) atoms. The predicted molar refractivity (Wildman–Crippen MR) is 105 cm³/mol. The molecule has 0 unspecified atom stereocenters. The molecule has 0 saturated heterocycles. The van der Waals surface area contributed by atoms with Gasteiger partial charge >= 0.3 is 5.97 Å². The largest absolute Gasteiger partial charge is 0.506 e. The van der Waals surface area contributed by atoms with Crippen molar-refractivity contribution in [2.75, 3.05) is 5.32 Å². The summed E-state index contributed by atoms with van der Waals surface area (Å²) in [6, 6.07) is 9.42. The molecule has 0 fully saturated rings. The molecule has 146 valence electrons. The summed E-state index contributed by atoms with van der Waals surface area (Å²) in [7, 11) is 0. The fourth-order valence-electron chi connectivity index (χ4n) is 3.62. The van der Waals surface area contributed by atoms with Crippen LogP contribution in [0.25, 0.3) is 21.8 Å². The van der Waals surface area contributed by atoms with Gasteiger partial charge in [-0.2, -0.15) is 0 Å². The molecule has 2 aromatic carbocycles. The number of hydrogen-bond acceptors (Lipinski definition) is 4. The van der Waals surface area contributed by atoms with Crippen LogP contribution in [-0.4, -0.2) is 32.1 Å². The standard InChI is InChI=1S/C21H16FN3O4/c22-14-4-1-12(2-5-14)10-25-15-6-3-13(7-18(28)29)21(24-11-26)20(15)19-16(25)8-23-9-17(19)27/h1-6,8-9,11,27H,7,10H2,(H,24,26)(H,28,29). The van der Waals surface area contributed by atoms with Crippen LogP contribution in [0.1, 0.15) is 11.1 Å². The zero-order valence-electron chi connectivity index (χ0n) is 15.1. The Morgan fingerprint density at radius 2 is 1.86 bits per heavy atom. The van der Waals surface area contributed by atoms with Gasteiger partial charge < -0.3 is 20.1 Å². The van der Waals surface area contributed by atoms with Gasteiger partial charge in [-0.25, -0.2) is 4.39 Å². The van der Waals surface area contributed by atoms with Crippen molar-refractivity contribution in [3.05, 3.63) is 65.7 Å². The van der Waals surface area contributed by atoms with Gasteiger partial charge in [0.1, 0.15) is 11.6 Å². The first-order chi connectivity index (χ1) is 14.0. The number of carboxylic acid groups (broad SMARTS) is 1. The van der Waals surface area contributed by atoms with Gasteiger partial charge in [-0.05, 0) is 29.3 Å². The molecule has 4 aromatic rings. The Hall–Kier alpha value is -3.94. The maximum Gasteiger partial charge on any atom is 0.307 e. The van der Waals surface area contributed by atoms with Crippen LogP contribution >= 0.6 is 0 Å². The second-order valence-electron chi connectivity index (χ2n) is 6.59. The van der Waals surface area contributed by atoms with Crippen molar-refractivity contribution in [2.24, 2.45) is 0 Å². The Labute approximate surface area is 164 Å². The lowest BCUT2D eigenvalue weighted by molar-refractivity contribution is -0.136. The first-order valence-corrected chi connectivity index (χ1v) is 8.76. The van der Waals surface area contributed by atoms with E-state index in [-0.39, 0.29) is 18.0 Å². The van der Waals surface area contributed by atoms with E-state index in [1.807, 2.05) is 4.57 Å². The number of halogens is 1. The summed E-state index contributed by atoms with van der Waals surface area (Å²) < 4.78 is 15.2. The number of anilines is 1. The lowest BCUT2D eigenvalue weighted by Crippen LogP contribution is -2.06. The number of amides is 1. The number of aliphatic carboxylic acids is 1. The molecule has 1 amide bonds. The number of nitrogens with one attached hydrogen (secondary N) is 1. The highest BCUT2D eigenvalue weighted by Gasteiger charge is 2.20. The molecule has 2 aromatic heterocycles. The molecular formula is C21H16FN3O4. The minimum Gasteiger partial charge on any atom is -0.506 e. The second kappa shape index (κ2) is 7.23. The highest BCUT2D eigenvalue weighted by atomic mass is 19.1. The smallest absolute Gasteiger partial charge is 0.307 e. The number of rotatable bonds is 6. The van der Waals surface area contributed by atoms with Gasteiger partial charge in [0.2, 0.25) is 6.41 Å². The number of carboxylic acids is 1. The third kappa shape index (κ3) is 3.25. The van der Waals surface area contributed by atoms with E-state index < -0.39 is 5.97 Å². The summed E-state index contributed by atoms with van der Waals surface area (Å²) in [5, 5.41) is 23.3. The van der Waals surface area contributed by atoms with Crippen molar-refractivity contribution in [2.45, 2.75) is 13.0 Å². The molecule has 0 atom stereocenters. The molecule has 0 bridgehead atoms. The topological polar surface area (TPSA) is 104 Å². The van der Waals surface area contributed by atoms with Crippen molar-refractivity contribution in [1.82, 2.24) is 9.55 Å². The molecule has 0 aliphatic heterocycles. The van der Waals surface area contributed by atoms with Crippen molar-refractivity contribution >= 4 is 39.9 Å². The summed E-state index contributed by atoms with van der Waals surface area (Å²) in [5.74, 6) is -1.47. The van der Waals surface area contributed by atoms with E-state index >= 15 is 0 Å². The normalized spacial score (nSPS) is 11.1. The van der Waals surface area contributed by atoms with E-state index in [1.54, 1.807) is 30.5 Å². The van der Waals surface area contributed by atoms with Crippen LogP contribution in [0.5, 0.6) is 5.75 Å². The Morgan fingerprint density at radius 3 is 2.55 bits per heavy atom. The second-order valence-corrected chi connectivity index (χ2v) is 6.59. The fourth-order valence-corrected chi connectivity index (χ4v) is 3.62. The Kier molecular flexibility index (Phi) is 4.59. The minimum atomic E-state index is -1.04. The van der Waals surface area contributed by atoms with Crippen LogP contribution in [0.3, 0.4) is 0 Å². The fraction of sp³-hybridized carbons (Fsp3) is 0.0952. The zero-order chi connectivity index (χ0) is 20.5. The average Bonchev–Trinajstić information content (AvgIpc) is 3.00. The molecular weight excluding hydrogens is 377 g/mol. The summed E-state index contributed by atoms with van der Waals surface area (Å²) in [5.41, 5.74) is 2.84. The number of aromatic nitrogens is 2. The SMILES string of the molecule is O=CNc1c(CC(=O)O)ccc2c1c1c(O)cncc1n2Cc1ccc(F)cc1. The van der Waals surface area contributed by atoms with Crippen molar-refractivity contribution in [3.8, 4) is 5.75 Å². The average molecular weight is 393 g/mol. The number of carbonyl (C=O) groups excluding carboxylic acids is 1. The Morgan fingerprint density at radius 1 is 1.10 bits per heavy atom. The van der Waals surface area contributed by atoms with E-state index in [9.17, 15) is 24.2 Å². The van der Waals surface area contributed by atoms with Crippen molar-refractivity contribution in [3.63, 3.8) is 0 Å². The minimum absolute atomic E-state index is 0.0909. The monoisotopic (exact) mass is 393 g/mol. The molecule has 7 nitrogen and oxygen atoms in total. The lowest BCUT2D eigenvalue weighted by Gasteiger charge is -2.11. The first kappa shape index (κ1) is 18.4. The van der Waals surface area contributed by atoms with Crippen LogP contribution in [0.2, 0.25) is 0 Å². The zero-order valence-corrected chi connectivity index (χ0v) is 15.1. The lowest BCUT2D eigenvalue weighted by atomic mass is 10.0. The molecule has 0 radical (unpaired) electrons. The number of carbonyl (C=O) groups is 2. The van der Waals surface area contributed by atoms with Crippen LogP contribution in [-0.2, 0) is 22.6 Å². The molecule has 4 rings (SSSR count). The highest BCUT2D eigenvalue weighted by molar-refractivity contribution is 6.18. The summed E-state index contributed by atoms with van der Waals surface area (Å²) in [6.45, 7) is 0.365. The van der Waals surface area contributed by atoms with E-state index in [0.717, 1.165) is 5.56 Å².